The molecule has 29 heavy (non-hydrogen) atoms. The van der Waals surface area contributed by atoms with Crippen LogP contribution in [0.4, 0.5) is 13.2 Å². The van der Waals surface area contributed by atoms with E-state index >= 15 is 0 Å². The maximum absolute atomic E-state index is 12.7. The Hall–Kier alpha value is -3.42. The molecule has 3 aromatic rings. The number of alkyl halides is 3. The molecule has 0 unspecified atom stereocenters. The number of ketones is 1. The first-order valence-corrected chi connectivity index (χ1v) is 8.77. The van der Waals surface area contributed by atoms with Gasteiger partial charge in [0, 0.05) is 12.5 Å². The molecular formula is C21H17F3N2O3. The van der Waals surface area contributed by atoms with Crippen LogP contribution < -0.4 is 10.3 Å². The zero-order chi connectivity index (χ0) is 21.0. The van der Waals surface area contributed by atoms with E-state index in [1.807, 2.05) is 0 Å². The van der Waals surface area contributed by atoms with Crippen LogP contribution in [-0.2, 0) is 6.18 Å². The highest BCUT2D eigenvalue weighted by atomic mass is 19.4. The molecule has 0 saturated carbocycles. The second-order valence-electron chi connectivity index (χ2n) is 6.50. The average molecular weight is 402 g/mol. The summed E-state index contributed by atoms with van der Waals surface area (Å²) >= 11 is 0. The molecule has 0 aliphatic heterocycles. The van der Waals surface area contributed by atoms with Gasteiger partial charge < -0.3 is 4.74 Å². The number of aromatic amines is 1. The fourth-order valence-corrected chi connectivity index (χ4v) is 2.73. The summed E-state index contributed by atoms with van der Waals surface area (Å²) in [6, 6.07) is 14.2. The number of carbonyl (C=O) groups excluding carboxylic acids is 1. The molecule has 3 rings (SSSR count). The van der Waals surface area contributed by atoms with Crippen molar-refractivity contribution in [1.29, 1.82) is 0 Å². The summed E-state index contributed by atoms with van der Waals surface area (Å²) in [7, 11) is 0. The van der Waals surface area contributed by atoms with Gasteiger partial charge in [-0.1, -0.05) is 37.3 Å². The van der Waals surface area contributed by atoms with Gasteiger partial charge in [0.1, 0.15) is 11.4 Å². The normalized spacial score (nSPS) is 12.4. The summed E-state index contributed by atoms with van der Waals surface area (Å²) in [6.45, 7) is 1.72. The molecule has 0 amide bonds. The van der Waals surface area contributed by atoms with Crippen LogP contribution in [-0.4, -0.2) is 15.8 Å². The quantitative estimate of drug-likeness (QED) is 0.592. The molecule has 150 valence electrons. The lowest BCUT2D eigenvalue weighted by Crippen LogP contribution is -2.15. The second-order valence-corrected chi connectivity index (χ2v) is 6.50. The monoisotopic (exact) mass is 402 g/mol. The summed E-state index contributed by atoms with van der Waals surface area (Å²) in [5, 5.41) is 0. The van der Waals surface area contributed by atoms with Gasteiger partial charge in [-0.25, -0.2) is 0 Å². The standard InChI is InChI=1S/C21H17F3N2O3/c1-13(14-7-9-15(10-8-14)21(22,23)24)11-18(27)17-12-19(28)26-20(25-17)29-16-5-3-2-4-6-16/h2-10,12-13H,11H2,1H3,(H,25,26,28)/t13-/m0/s1. The Bertz CT molecular complexity index is 1050. The number of nitrogens with zero attached hydrogens (tertiary/aromatic N) is 1. The molecule has 1 heterocycles. The summed E-state index contributed by atoms with van der Waals surface area (Å²) < 4.78 is 43.5. The topological polar surface area (TPSA) is 72.0 Å². The third-order valence-electron chi connectivity index (χ3n) is 4.26. The van der Waals surface area contributed by atoms with E-state index in [1.165, 1.54) is 12.1 Å². The number of hydrogen-bond donors (Lipinski definition) is 1. The zero-order valence-electron chi connectivity index (χ0n) is 15.4. The fraction of sp³-hybridized carbons (Fsp3) is 0.190. The van der Waals surface area contributed by atoms with Crippen LogP contribution in [0.3, 0.4) is 0 Å². The number of Topliss-reactive ketones (excluding diaryl/α,β-unsaturated/α-hetero) is 1. The predicted octanol–water partition coefficient (Wildman–Crippen LogP) is 4.96. The molecule has 0 spiro atoms. The van der Waals surface area contributed by atoms with Gasteiger partial charge in [-0.2, -0.15) is 18.2 Å². The Morgan fingerprint density at radius 1 is 1.10 bits per heavy atom. The number of ether oxygens (including phenoxy) is 1. The fourth-order valence-electron chi connectivity index (χ4n) is 2.73. The molecule has 0 aliphatic rings. The lowest BCUT2D eigenvalue weighted by atomic mass is 9.94. The van der Waals surface area contributed by atoms with E-state index in [9.17, 15) is 22.8 Å². The number of halogens is 3. The van der Waals surface area contributed by atoms with Crippen molar-refractivity contribution < 1.29 is 22.7 Å². The van der Waals surface area contributed by atoms with Crippen LogP contribution in [0.15, 0.2) is 65.5 Å². The summed E-state index contributed by atoms with van der Waals surface area (Å²) in [5.41, 5.74) is -0.786. The van der Waals surface area contributed by atoms with Crippen LogP contribution in [0.1, 0.15) is 40.9 Å². The van der Waals surface area contributed by atoms with Gasteiger partial charge in [0.25, 0.3) is 5.56 Å². The van der Waals surface area contributed by atoms with Gasteiger partial charge in [-0.15, -0.1) is 0 Å². The van der Waals surface area contributed by atoms with Gasteiger partial charge in [-0.3, -0.25) is 14.6 Å². The molecule has 0 radical (unpaired) electrons. The molecule has 2 aromatic carbocycles. The third kappa shape index (κ3) is 5.31. The van der Waals surface area contributed by atoms with Crippen molar-refractivity contribution in [1.82, 2.24) is 9.97 Å². The summed E-state index contributed by atoms with van der Waals surface area (Å²) in [4.78, 5) is 30.9. The first-order chi connectivity index (χ1) is 13.7. The van der Waals surface area contributed by atoms with Crippen molar-refractivity contribution in [2.45, 2.75) is 25.4 Å². The van der Waals surface area contributed by atoms with E-state index in [4.69, 9.17) is 4.74 Å². The average Bonchev–Trinajstić information content (AvgIpc) is 2.67. The number of hydrogen-bond acceptors (Lipinski definition) is 4. The maximum atomic E-state index is 12.7. The molecule has 0 aliphatic carbocycles. The first kappa shape index (κ1) is 20.3. The van der Waals surface area contributed by atoms with Crippen LogP contribution in [0.2, 0.25) is 0 Å². The maximum Gasteiger partial charge on any atom is 0.416 e. The number of H-pyrrole nitrogens is 1. The molecule has 8 heteroatoms. The second kappa shape index (κ2) is 8.30. The number of carbonyl (C=O) groups is 1. The third-order valence-corrected chi connectivity index (χ3v) is 4.26. The van der Waals surface area contributed by atoms with E-state index in [-0.39, 0.29) is 24.0 Å². The van der Waals surface area contributed by atoms with Gasteiger partial charge in [0.05, 0.1) is 5.56 Å². The number of para-hydroxylation sites is 1. The Morgan fingerprint density at radius 2 is 1.76 bits per heavy atom. The van der Waals surface area contributed by atoms with Crippen LogP contribution >= 0.6 is 0 Å². The molecule has 5 nitrogen and oxygen atoms in total. The Kier molecular flexibility index (Phi) is 5.81. The molecular weight excluding hydrogens is 385 g/mol. The van der Waals surface area contributed by atoms with Crippen molar-refractivity contribution in [3.05, 3.63) is 87.8 Å². The van der Waals surface area contributed by atoms with Gasteiger partial charge in [0.2, 0.25) is 0 Å². The number of aromatic nitrogens is 2. The predicted molar refractivity (Wildman–Crippen MR) is 100 cm³/mol. The lowest BCUT2D eigenvalue weighted by Gasteiger charge is -2.13. The van der Waals surface area contributed by atoms with Crippen LogP contribution in [0.25, 0.3) is 0 Å². The highest BCUT2D eigenvalue weighted by Crippen LogP contribution is 2.31. The van der Waals surface area contributed by atoms with Gasteiger partial charge in [0.15, 0.2) is 5.78 Å². The lowest BCUT2D eigenvalue weighted by molar-refractivity contribution is -0.137. The molecule has 1 aromatic heterocycles. The number of benzene rings is 2. The summed E-state index contributed by atoms with van der Waals surface area (Å²) in [6.07, 6.45) is -4.44. The van der Waals surface area contributed by atoms with Crippen molar-refractivity contribution in [2.24, 2.45) is 0 Å². The van der Waals surface area contributed by atoms with E-state index in [1.54, 1.807) is 37.3 Å². The van der Waals surface area contributed by atoms with Crippen LogP contribution in [0.5, 0.6) is 11.8 Å². The van der Waals surface area contributed by atoms with E-state index in [0.29, 0.717) is 11.3 Å². The zero-order valence-corrected chi connectivity index (χ0v) is 15.4. The van der Waals surface area contributed by atoms with Gasteiger partial charge in [-0.05, 0) is 35.7 Å². The Labute approximate surface area is 164 Å². The smallest absolute Gasteiger partial charge is 0.416 e. The van der Waals surface area contributed by atoms with Crippen LogP contribution in [0, 0.1) is 0 Å². The number of nitrogens with one attached hydrogen (secondary N) is 1. The Balaban J connectivity index is 1.74. The van der Waals surface area contributed by atoms with E-state index in [0.717, 1.165) is 18.2 Å². The summed E-state index contributed by atoms with van der Waals surface area (Å²) in [5.74, 6) is -0.329. The molecule has 0 bridgehead atoms. The van der Waals surface area contributed by atoms with E-state index in [2.05, 4.69) is 9.97 Å². The van der Waals surface area contributed by atoms with Gasteiger partial charge >= 0.3 is 12.2 Å². The highest BCUT2D eigenvalue weighted by molar-refractivity contribution is 5.94. The minimum absolute atomic E-state index is 0.0212. The van der Waals surface area contributed by atoms with Crippen molar-refractivity contribution in [2.75, 3.05) is 0 Å². The SMILES string of the molecule is C[C@@H](CC(=O)c1cc(=O)[nH]c(Oc2ccccc2)n1)c1ccc(C(F)(F)F)cc1. The minimum atomic E-state index is -4.41. The molecule has 0 fully saturated rings. The first-order valence-electron chi connectivity index (χ1n) is 8.77. The molecule has 0 saturated heterocycles. The van der Waals surface area contributed by atoms with E-state index < -0.39 is 23.1 Å². The minimum Gasteiger partial charge on any atom is -0.426 e. The molecule has 1 atom stereocenters. The number of rotatable bonds is 6. The largest absolute Gasteiger partial charge is 0.426 e. The molecule has 1 N–H and O–H groups in total. The Morgan fingerprint density at radius 3 is 2.38 bits per heavy atom. The van der Waals surface area contributed by atoms with Crippen molar-refractivity contribution in [3.8, 4) is 11.8 Å². The highest BCUT2D eigenvalue weighted by Gasteiger charge is 2.30. The van der Waals surface area contributed by atoms with Crippen molar-refractivity contribution >= 4 is 5.78 Å². The van der Waals surface area contributed by atoms with Crippen molar-refractivity contribution in [3.63, 3.8) is 0 Å².